The molecule has 1 aromatic rings. The highest BCUT2D eigenvalue weighted by Crippen LogP contribution is 2.27. The first kappa shape index (κ1) is 14.1. The molecule has 106 valence electrons. The summed E-state index contributed by atoms with van der Waals surface area (Å²) in [6.45, 7) is 5.09. The molecule has 0 saturated heterocycles. The van der Waals surface area contributed by atoms with Crippen LogP contribution in [0.3, 0.4) is 0 Å². The van der Waals surface area contributed by atoms with Crippen molar-refractivity contribution in [2.75, 3.05) is 24.3 Å². The van der Waals surface area contributed by atoms with Crippen LogP contribution in [0.15, 0.2) is 6.33 Å². The predicted octanol–water partition coefficient (Wildman–Crippen LogP) is 2.45. The largest absolute Gasteiger partial charge is 0.381 e. The molecule has 0 amide bonds. The third kappa shape index (κ3) is 3.35. The van der Waals surface area contributed by atoms with E-state index in [-0.39, 0.29) is 0 Å². The lowest BCUT2D eigenvalue weighted by Gasteiger charge is -2.18. The standard InChI is InChI=1S/C14H24N4O/c1-4-12-13(15-5-2)16-9-17-14(12)18-10-6-7-11(8-10)19-3/h9-11H,4-8H2,1-3H3,(H2,15,16,17,18). The fourth-order valence-corrected chi connectivity index (χ4v) is 2.67. The Morgan fingerprint density at radius 3 is 2.68 bits per heavy atom. The van der Waals surface area contributed by atoms with Gasteiger partial charge in [-0.1, -0.05) is 6.92 Å². The molecule has 5 heteroatoms. The fraction of sp³-hybridized carbons (Fsp3) is 0.714. The lowest BCUT2D eigenvalue weighted by atomic mass is 10.2. The Balaban J connectivity index is 2.09. The van der Waals surface area contributed by atoms with Crippen LogP contribution in [-0.2, 0) is 11.2 Å². The number of nitrogens with zero attached hydrogens (tertiary/aromatic N) is 2. The van der Waals surface area contributed by atoms with Gasteiger partial charge in [-0.3, -0.25) is 0 Å². The topological polar surface area (TPSA) is 59.1 Å². The van der Waals surface area contributed by atoms with Crippen LogP contribution in [0.2, 0.25) is 0 Å². The van der Waals surface area contributed by atoms with E-state index in [0.717, 1.165) is 43.9 Å². The Hall–Kier alpha value is -1.36. The molecule has 2 atom stereocenters. The number of nitrogens with one attached hydrogen (secondary N) is 2. The van der Waals surface area contributed by atoms with Gasteiger partial charge in [0.2, 0.25) is 0 Å². The number of ether oxygens (including phenoxy) is 1. The highest BCUT2D eigenvalue weighted by atomic mass is 16.5. The smallest absolute Gasteiger partial charge is 0.134 e. The Kier molecular flexibility index (Phi) is 4.96. The van der Waals surface area contributed by atoms with E-state index in [0.29, 0.717) is 12.1 Å². The quantitative estimate of drug-likeness (QED) is 0.826. The molecule has 0 aromatic carbocycles. The molecule has 5 nitrogen and oxygen atoms in total. The van der Waals surface area contributed by atoms with Crippen molar-refractivity contribution in [1.82, 2.24) is 9.97 Å². The number of rotatable bonds is 6. The van der Waals surface area contributed by atoms with Crippen molar-refractivity contribution < 1.29 is 4.74 Å². The first-order valence-electron chi connectivity index (χ1n) is 7.15. The Bertz CT molecular complexity index is 410. The van der Waals surface area contributed by atoms with Gasteiger partial charge in [-0.25, -0.2) is 9.97 Å². The summed E-state index contributed by atoms with van der Waals surface area (Å²) in [6, 6.07) is 0.458. The van der Waals surface area contributed by atoms with E-state index in [1.165, 1.54) is 5.56 Å². The van der Waals surface area contributed by atoms with E-state index < -0.39 is 0 Å². The van der Waals surface area contributed by atoms with Gasteiger partial charge in [0.15, 0.2) is 0 Å². The van der Waals surface area contributed by atoms with Crippen molar-refractivity contribution in [1.29, 1.82) is 0 Å². The van der Waals surface area contributed by atoms with Gasteiger partial charge < -0.3 is 15.4 Å². The summed E-state index contributed by atoms with van der Waals surface area (Å²) in [5, 5.41) is 6.85. The van der Waals surface area contributed by atoms with Crippen LogP contribution >= 0.6 is 0 Å². The second-order valence-corrected chi connectivity index (χ2v) is 4.95. The summed E-state index contributed by atoms with van der Waals surface area (Å²) in [4.78, 5) is 8.72. The van der Waals surface area contributed by atoms with E-state index in [9.17, 15) is 0 Å². The Labute approximate surface area is 115 Å². The van der Waals surface area contributed by atoms with Crippen LogP contribution in [0.25, 0.3) is 0 Å². The van der Waals surface area contributed by atoms with Crippen molar-refractivity contribution >= 4 is 11.6 Å². The van der Waals surface area contributed by atoms with Crippen molar-refractivity contribution in [2.24, 2.45) is 0 Å². The molecule has 0 bridgehead atoms. The van der Waals surface area contributed by atoms with Crippen LogP contribution in [0.4, 0.5) is 11.6 Å². The minimum atomic E-state index is 0.387. The average molecular weight is 264 g/mol. The van der Waals surface area contributed by atoms with Gasteiger partial charge in [-0.15, -0.1) is 0 Å². The molecule has 0 aliphatic heterocycles. The number of hydrogen-bond acceptors (Lipinski definition) is 5. The number of methoxy groups -OCH3 is 1. The zero-order chi connectivity index (χ0) is 13.7. The van der Waals surface area contributed by atoms with Crippen molar-refractivity contribution in [3.8, 4) is 0 Å². The SMILES string of the molecule is CCNc1ncnc(NC2CCC(OC)C2)c1CC. The van der Waals surface area contributed by atoms with Gasteiger partial charge >= 0.3 is 0 Å². The van der Waals surface area contributed by atoms with E-state index in [4.69, 9.17) is 4.74 Å². The molecule has 2 unspecified atom stereocenters. The highest BCUT2D eigenvalue weighted by molar-refractivity contribution is 5.57. The molecular weight excluding hydrogens is 240 g/mol. The molecule has 1 fully saturated rings. The zero-order valence-corrected chi connectivity index (χ0v) is 12.1. The summed E-state index contributed by atoms with van der Waals surface area (Å²) < 4.78 is 5.41. The molecule has 19 heavy (non-hydrogen) atoms. The molecular formula is C14H24N4O. The van der Waals surface area contributed by atoms with Crippen LogP contribution in [-0.4, -0.2) is 35.8 Å². The van der Waals surface area contributed by atoms with E-state index in [1.54, 1.807) is 13.4 Å². The number of hydrogen-bond donors (Lipinski definition) is 2. The molecule has 1 aliphatic carbocycles. The minimum absolute atomic E-state index is 0.387. The number of aromatic nitrogens is 2. The van der Waals surface area contributed by atoms with Crippen LogP contribution in [0.5, 0.6) is 0 Å². The van der Waals surface area contributed by atoms with E-state index >= 15 is 0 Å². The average Bonchev–Trinajstić information content (AvgIpc) is 2.87. The minimum Gasteiger partial charge on any atom is -0.381 e. The van der Waals surface area contributed by atoms with Gasteiger partial charge in [0, 0.05) is 25.3 Å². The molecule has 1 heterocycles. The van der Waals surface area contributed by atoms with Gasteiger partial charge in [0.25, 0.3) is 0 Å². The number of anilines is 2. The van der Waals surface area contributed by atoms with Crippen molar-refractivity contribution in [3.63, 3.8) is 0 Å². The van der Waals surface area contributed by atoms with Crippen molar-refractivity contribution in [2.45, 2.75) is 51.7 Å². The third-order valence-electron chi connectivity index (χ3n) is 3.70. The maximum atomic E-state index is 5.41. The zero-order valence-electron chi connectivity index (χ0n) is 12.1. The van der Waals surface area contributed by atoms with Gasteiger partial charge in [-0.05, 0) is 32.6 Å². The lowest BCUT2D eigenvalue weighted by molar-refractivity contribution is 0.108. The predicted molar refractivity (Wildman–Crippen MR) is 77.6 cm³/mol. The first-order valence-corrected chi connectivity index (χ1v) is 7.15. The van der Waals surface area contributed by atoms with Gasteiger partial charge in [-0.2, -0.15) is 0 Å². The molecule has 1 aliphatic rings. The summed E-state index contributed by atoms with van der Waals surface area (Å²) in [5.74, 6) is 1.92. The van der Waals surface area contributed by atoms with Crippen molar-refractivity contribution in [3.05, 3.63) is 11.9 Å². The van der Waals surface area contributed by atoms with Crippen LogP contribution in [0, 0.1) is 0 Å². The second kappa shape index (κ2) is 6.70. The molecule has 2 rings (SSSR count). The summed E-state index contributed by atoms with van der Waals surface area (Å²) in [5.41, 5.74) is 1.17. The normalized spacial score (nSPS) is 22.5. The summed E-state index contributed by atoms with van der Waals surface area (Å²) in [6.07, 6.45) is 6.26. The van der Waals surface area contributed by atoms with Gasteiger partial charge in [0.05, 0.1) is 6.10 Å². The summed E-state index contributed by atoms with van der Waals surface area (Å²) >= 11 is 0. The maximum absolute atomic E-state index is 5.41. The molecule has 0 spiro atoms. The fourth-order valence-electron chi connectivity index (χ4n) is 2.67. The first-order chi connectivity index (χ1) is 9.28. The highest BCUT2D eigenvalue weighted by Gasteiger charge is 2.25. The lowest BCUT2D eigenvalue weighted by Crippen LogP contribution is -2.20. The molecule has 1 aromatic heterocycles. The molecule has 2 N–H and O–H groups in total. The van der Waals surface area contributed by atoms with Gasteiger partial charge in [0.1, 0.15) is 18.0 Å². The second-order valence-electron chi connectivity index (χ2n) is 4.95. The van der Waals surface area contributed by atoms with Crippen LogP contribution in [0.1, 0.15) is 38.7 Å². The summed E-state index contributed by atoms with van der Waals surface area (Å²) in [7, 11) is 1.79. The Morgan fingerprint density at radius 2 is 2.05 bits per heavy atom. The maximum Gasteiger partial charge on any atom is 0.134 e. The van der Waals surface area contributed by atoms with Crippen LogP contribution < -0.4 is 10.6 Å². The van der Waals surface area contributed by atoms with E-state index in [1.807, 2.05) is 0 Å². The monoisotopic (exact) mass is 264 g/mol. The Morgan fingerprint density at radius 1 is 1.26 bits per heavy atom. The molecule has 0 radical (unpaired) electrons. The third-order valence-corrected chi connectivity index (χ3v) is 3.70. The molecule has 1 saturated carbocycles. The van der Waals surface area contributed by atoms with E-state index in [2.05, 4.69) is 34.4 Å².